The zero-order valence-corrected chi connectivity index (χ0v) is 18.2. The molecule has 29 heavy (non-hydrogen) atoms. The van der Waals surface area contributed by atoms with Crippen LogP contribution in [0.4, 0.5) is 4.39 Å². The number of benzene rings is 2. The molecule has 0 spiro atoms. The van der Waals surface area contributed by atoms with Crippen LogP contribution >= 0.6 is 23.4 Å². The molecule has 0 fully saturated rings. The van der Waals surface area contributed by atoms with Gasteiger partial charge in [-0.2, -0.15) is 0 Å². The van der Waals surface area contributed by atoms with Crippen LogP contribution in [-0.2, 0) is 21.9 Å². The van der Waals surface area contributed by atoms with E-state index in [-0.39, 0.29) is 29.9 Å². The van der Waals surface area contributed by atoms with Crippen LogP contribution in [0, 0.1) is 5.82 Å². The fraction of sp³-hybridized carbons (Fsp3) is 0.364. The smallest absolute Gasteiger partial charge is 0.242 e. The van der Waals surface area contributed by atoms with Crippen LogP contribution in [0.15, 0.2) is 48.5 Å². The summed E-state index contributed by atoms with van der Waals surface area (Å²) in [5.74, 6) is 0.180. The third-order valence-electron chi connectivity index (χ3n) is 4.44. The summed E-state index contributed by atoms with van der Waals surface area (Å²) in [6.07, 6.45) is 0.494. The Morgan fingerprint density at radius 3 is 2.45 bits per heavy atom. The van der Waals surface area contributed by atoms with Crippen molar-refractivity contribution in [3.05, 3.63) is 70.5 Å². The lowest BCUT2D eigenvalue weighted by Gasteiger charge is -2.30. The van der Waals surface area contributed by atoms with Crippen LogP contribution in [0.25, 0.3) is 0 Å². The van der Waals surface area contributed by atoms with Crippen molar-refractivity contribution < 1.29 is 14.0 Å². The van der Waals surface area contributed by atoms with Gasteiger partial charge in [0.2, 0.25) is 11.8 Å². The van der Waals surface area contributed by atoms with E-state index in [2.05, 4.69) is 5.32 Å². The van der Waals surface area contributed by atoms with Gasteiger partial charge in [0, 0.05) is 23.9 Å². The lowest BCUT2D eigenvalue weighted by atomic mass is 10.1. The van der Waals surface area contributed by atoms with E-state index < -0.39 is 6.04 Å². The van der Waals surface area contributed by atoms with Gasteiger partial charge >= 0.3 is 0 Å². The van der Waals surface area contributed by atoms with Crippen LogP contribution in [0.3, 0.4) is 0 Å². The summed E-state index contributed by atoms with van der Waals surface area (Å²) in [5, 5.41) is 3.47. The highest BCUT2D eigenvalue weighted by Gasteiger charge is 2.28. The van der Waals surface area contributed by atoms with Crippen molar-refractivity contribution >= 4 is 35.2 Å². The molecule has 4 nitrogen and oxygen atoms in total. The van der Waals surface area contributed by atoms with E-state index in [4.69, 9.17) is 11.6 Å². The number of nitrogens with zero attached hydrogens (tertiary/aromatic N) is 1. The number of thioether (sulfide) groups is 1. The Kier molecular flexibility index (Phi) is 9.48. The Labute approximate surface area is 180 Å². The quantitative estimate of drug-likeness (QED) is 0.589. The molecule has 156 valence electrons. The van der Waals surface area contributed by atoms with Gasteiger partial charge in [0.15, 0.2) is 0 Å². The first kappa shape index (κ1) is 23.2. The fourth-order valence-electron chi connectivity index (χ4n) is 2.94. The molecular weight excluding hydrogens is 411 g/mol. The van der Waals surface area contributed by atoms with Gasteiger partial charge in [-0.3, -0.25) is 9.59 Å². The van der Waals surface area contributed by atoms with Crippen LogP contribution in [0.2, 0.25) is 5.02 Å². The number of nitrogens with one attached hydrogen (secondary N) is 1. The minimum Gasteiger partial charge on any atom is -0.355 e. The van der Waals surface area contributed by atoms with Crippen molar-refractivity contribution in [1.82, 2.24) is 10.2 Å². The van der Waals surface area contributed by atoms with Crippen LogP contribution in [0.5, 0.6) is 0 Å². The highest BCUT2D eigenvalue weighted by molar-refractivity contribution is 7.99. The number of rotatable bonds is 10. The maximum Gasteiger partial charge on any atom is 0.242 e. The van der Waals surface area contributed by atoms with E-state index in [0.29, 0.717) is 23.7 Å². The van der Waals surface area contributed by atoms with Crippen molar-refractivity contribution in [3.8, 4) is 0 Å². The molecule has 2 aromatic rings. The van der Waals surface area contributed by atoms with Gasteiger partial charge in [0.05, 0.1) is 5.75 Å². The van der Waals surface area contributed by atoms with E-state index >= 15 is 0 Å². The minimum absolute atomic E-state index is 0.135. The number of hydrogen-bond acceptors (Lipinski definition) is 3. The Morgan fingerprint density at radius 2 is 1.83 bits per heavy atom. The van der Waals surface area contributed by atoms with Crippen LogP contribution in [-0.4, -0.2) is 35.1 Å². The van der Waals surface area contributed by atoms with E-state index in [1.807, 2.05) is 38.1 Å². The number of halogens is 2. The average molecular weight is 437 g/mol. The summed E-state index contributed by atoms with van der Waals surface area (Å²) in [6.45, 7) is 4.47. The monoisotopic (exact) mass is 436 g/mol. The molecule has 7 heteroatoms. The molecule has 0 aromatic heterocycles. The Morgan fingerprint density at radius 1 is 1.14 bits per heavy atom. The predicted molar refractivity (Wildman–Crippen MR) is 117 cm³/mol. The first-order chi connectivity index (χ1) is 14.0. The molecule has 0 aliphatic rings. The number of amides is 2. The molecule has 1 atom stereocenters. The molecule has 2 aromatic carbocycles. The third kappa shape index (κ3) is 7.05. The van der Waals surface area contributed by atoms with E-state index in [9.17, 15) is 14.0 Å². The molecule has 0 aliphatic heterocycles. The number of carbonyl (C=O) groups excluding carboxylic acids is 2. The van der Waals surface area contributed by atoms with Gasteiger partial charge in [-0.15, -0.1) is 11.8 Å². The summed E-state index contributed by atoms with van der Waals surface area (Å²) in [6, 6.07) is 12.9. The molecule has 1 unspecified atom stereocenters. The maximum atomic E-state index is 13.2. The van der Waals surface area contributed by atoms with Crippen molar-refractivity contribution in [2.45, 2.75) is 38.6 Å². The Balaban J connectivity index is 2.11. The van der Waals surface area contributed by atoms with Crippen LogP contribution in [0.1, 0.15) is 31.4 Å². The summed E-state index contributed by atoms with van der Waals surface area (Å²) < 4.78 is 13.2. The Hall–Kier alpha value is -2.05. The number of hydrogen-bond donors (Lipinski definition) is 1. The zero-order valence-electron chi connectivity index (χ0n) is 16.7. The second kappa shape index (κ2) is 11.8. The van der Waals surface area contributed by atoms with E-state index in [1.165, 1.54) is 23.9 Å². The molecule has 1 N–H and O–H groups in total. The molecule has 0 saturated heterocycles. The first-order valence-electron chi connectivity index (χ1n) is 9.59. The molecule has 2 rings (SSSR count). The molecule has 0 radical (unpaired) electrons. The molecule has 0 saturated carbocycles. The SMILES string of the molecule is CCNC(=O)C(CC)N(Cc1ccc(F)cc1)C(=O)CSCc1ccccc1Cl. The topological polar surface area (TPSA) is 49.4 Å². The number of likely N-dealkylation sites (N-methyl/N-ethyl adjacent to an activating group) is 1. The van der Waals surface area contributed by atoms with Crippen molar-refractivity contribution in [1.29, 1.82) is 0 Å². The van der Waals surface area contributed by atoms with Crippen molar-refractivity contribution in [3.63, 3.8) is 0 Å². The molecule has 0 aliphatic carbocycles. The maximum absolute atomic E-state index is 13.2. The lowest BCUT2D eigenvalue weighted by molar-refractivity contribution is -0.139. The van der Waals surface area contributed by atoms with Crippen LogP contribution < -0.4 is 5.32 Å². The zero-order chi connectivity index (χ0) is 21.2. The standard InChI is InChI=1S/C22H26ClFN2O2S/c1-3-20(22(28)25-4-2)26(13-16-9-11-18(24)12-10-16)21(27)15-29-14-17-7-5-6-8-19(17)23/h5-12,20H,3-4,13-15H2,1-2H3,(H,25,28). The predicted octanol–water partition coefficient (Wildman–Crippen LogP) is 4.66. The molecule has 2 amide bonds. The molecular formula is C22H26ClFN2O2S. The molecule has 0 bridgehead atoms. The fourth-order valence-corrected chi connectivity index (χ4v) is 4.14. The lowest BCUT2D eigenvalue weighted by Crippen LogP contribution is -2.49. The average Bonchev–Trinajstić information content (AvgIpc) is 2.71. The van der Waals surface area contributed by atoms with Gasteiger partial charge in [0.25, 0.3) is 0 Å². The summed E-state index contributed by atoms with van der Waals surface area (Å²) in [5.41, 5.74) is 1.74. The highest BCUT2D eigenvalue weighted by Crippen LogP contribution is 2.22. The van der Waals surface area contributed by atoms with Gasteiger partial charge in [-0.25, -0.2) is 4.39 Å². The largest absolute Gasteiger partial charge is 0.355 e. The van der Waals surface area contributed by atoms with Gasteiger partial charge in [0.1, 0.15) is 11.9 Å². The second-order valence-corrected chi connectivity index (χ2v) is 7.94. The Bertz CT molecular complexity index is 817. The van der Waals surface area contributed by atoms with E-state index in [1.54, 1.807) is 17.0 Å². The van der Waals surface area contributed by atoms with Crippen molar-refractivity contribution in [2.75, 3.05) is 12.3 Å². The van der Waals surface area contributed by atoms with Gasteiger partial charge in [-0.1, -0.05) is 48.9 Å². The van der Waals surface area contributed by atoms with E-state index in [0.717, 1.165) is 11.1 Å². The highest BCUT2D eigenvalue weighted by atomic mass is 35.5. The second-order valence-electron chi connectivity index (χ2n) is 6.55. The molecule has 0 heterocycles. The summed E-state index contributed by atoms with van der Waals surface area (Å²) >= 11 is 7.63. The third-order valence-corrected chi connectivity index (χ3v) is 5.78. The summed E-state index contributed by atoms with van der Waals surface area (Å²) in [4.78, 5) is 27.1. The minimum atomic E-state index is -0.576. The first-order valence-corrected chi connectivity index (χ1v) is 11.1. The van der Waals surface area contributed by atoms with Gasteiger partial charge < -0.3 is 10.2 Å². The number of carbonyl (C=O) groups is 2. The summed E-state index contributed by atoms with van der Waals surface area (Å²) in [7, 11) is 0. The normalized spacial score (nSPS) is 11.7. The van der Waals surface area contributed by atoms with Gasteiger partial charge in [-0.05, 0) is 42.7 Å². The van der Waals surface area contributed by atoms with Crippen molar-refractivity contribution in [2.24, 2.45) is 0 Å².